The van der Waals surface area contributed by atoms with E-state index in [2.05, 4.69) is 11.1 Å². The van der Waals surface area contributed by atoms with Crippen LogP contribution in [0.1, 0.15) is 41.9 Å². The monoisotopic (exact) mass is 432 g/mol. The number of aromatic nitrogens is 1. The number of fused-ring (bicyclic) bond motifs is 1. The second-order valence-electron chi connectivity index (χ2n) is 7.33. The highest BCUT2D eigenvalue weighted by Gasteiger charge is 2.48. The van der Waals surface area contributed by atoms with Crippen LogP contribution in [-0.2, 0) is 10.2 Å². The minimum atomic E-state index is -0.935. The summed E-state index contributed by atoms with van der Waals surface area (Å²) in [5, 5.41) is 10.4. The lowest BCUT2D eigenvalue weighted by molar-refractivity contribution is -0.135. The van der Waals surface area contributed by atoms with E-state index in [0.29, 0.717) is 24.0 Å². The Labute approximate surface area is 183 Å². The number of amides is 1. The molecule has 1 heterocycles. The van der Waals surface area contributed by atoms with Crippen molar-refractivity contribution in [2.75, 3.05) is 0 Å². The van der Waals surface area contributed by atoms with Crippen LogP contribution in [0.2, 0.25) is 0 Å². The van der Waals surface area contributed by atoms with Gasteiger partial charge < -0.3 is 0 Å². The number of carbonyl (C=O) groups is 1. The highest BCUT2D eigenvalue weighted by molar-refractivity contribution is 7.59. The number of nitrogens with one attached hydrogen (secondary N) is 1. The molecule has 1 aliphatic rings. The molecule has 0 radical (unpaired) electrons. The molecular formula is C22H25FN2O2S2. The van der Waals surface area contributed by atoms with Crippen LogP contribution in [0.25, 0.3) is 10.9 Å². The van der Waals surface area contributed by atoms with Crippen LogP contribution in [0.4, 0.5) is 4.39 Å². The predicted molar refractivity (Wildman–Crippen MR) is 122 cm³/mol. The van der Waals surface area contributed by atoms with Gasteiger partial charge in [-0.1, -0.05) is 24.3 Å². The molecule has 0 spiro atoms. The molecule has 1 aromatic heterocycles. The Kier molecular flexibility index (Phi) is 7.32. The van der Waals surface area contributed by atoms with E-state index < -0.39 is 11.3 Å². The Balaban J connectivity index is 0.00000150. The second-order valence-corrected chi connectivity index (χ2v) is 7.33. The summed E-state index contributed by atoms with van der Waals surface area (Å²) in [4.78, 5) is 17.0. The standard InChI is InChI=1S/C22H21FN2O2.2H2S/c1-14-18(5-2-6-19(14)23)22(21(26)25-27)10-9-17(13-22)15-7-8-20-16(12-15)4-3-11-24-20;;/h2-8,11-12,17,27H,9-10,13H2,1H3,(H,25,26);2*1H2/t17-,22-;;/m0../s1. The average Bonchev–Trinajstić information content (AvgIpc) is 3.15. The summed E-state index contributed by atoms with van der Waals surface area (Å²) in [5.41, 5.74) is 4.07. The van der Waals surface area contributed by atoms with Gasteiger partial charge in [-0.2, -0.15) is 27.0 Å². The first-order chi connectivity index (χ1) is 13.0. The van der Waals surface area contributed by atoms with E-state index >= 15 is 0 Å². The van der Waals surface area contributed by atoms with Crippen molar-refractivity contribution in [1.29, 1.82) is 0 Å². The van der Waals surface area contributed by atoms with Gasteiger partial charge in [-0.25, -0.2) is 9.87 Å². The van der Waals surface area contributed by atoms with Gasteiger partial charge in [0.1, 0.15) is 5.82 Å². The minimum Gasteiger partial charge on any atom is -0.289 e. The van der Waals surface area contributed by atoms with Crippen molar-refractivity contribution in [3.05, 3.63) is 77.2 Å². The molecule has 2 N–H and O–H groups in total. The van der Waals surface area contributed by atoms with Crippen molar-refractivity contribution in [1.82, 2.24) is 10.5 Å². The molecular weight excluding hydrogens is 407 g/mol. The Morgan fingerprint density at radius 1 is 1.21 bits per heavy atom. The van der Waals surface area contributed by atoms with E-state index in [1.54, 1.807) is 25.3 Å². The minimum absolute atomic E-state index is 0. The molecule has 0 aliphatic heterocycles. The maximum absolute atomic E-state index is 14.2. The molecule has 0 bridgehead atoms. The van der Waals surface area contributed by atoms with Crippen LogP contribution >= 0.6 is 27.0 Å². The van der Waals surface area contributed by atoms with Crippen LogP contribution in [0.15, 0.2) is 54.7 Å². The summed E-state index contributed by atoms with van der Waals surface area (Å²) in [6, 6.07) is 14.9. The van der Waals surface area contributed by atoms with E-state index in [4.69, 9.17) is 0 Å². The molecule has 154 valence electrons. The first-order valence-corrected chi connectivity index (χ1v) is 9.10. The van der Waals surface area contributed by atoms with E-state index in [1.807, 2.05) is 29.7 Å². The van der Waals surface area contributed by atoms with Crippen LogP contribution in [-0.4, -0.2) is 16.1 Å². The molecule has 1 aliphatic carbocycles. The van der Waals surface area contributed by atoms with Gasteiger partial charge in [-0.3, -0.25) is 15.0 Å². The maximum Gasteiger partial charge on any atom is 0.254 e. The van der Waals surface area contributed by atoms with E-state index in [-0.39, 0.29) is 38.7 Å². The molecule has 2 aromatic carbocycles. The lowest BCUT2D eigenvalue weighted by Gasteiger charge is -2.29. The Morgan fingerprint density at radius 2 is 2.00 bits per heavy atom. The normalized spacial score (nSPS) is 20.6. The van der Waals surface area contributed by atoms with Crippen LogP contribution in [0.5, 0.6) is 0 Å². The zero-order valence-corrected chi connectivity index (χ0v) is 18.1. The predicted octanol–water partition coefficient (Wildman–Crippen LogP) is 4.62. The molecule has 1 amide bonds. The number of hydroxylamine groups is 1. The fourth-order valence-corrected chi connectivity index (χ4v) is 4.48. The van der Waals surface area contributed by atoms with Crippen molar-refractivity contribution in [2.24, 2.45) is 0 Å². The number of carbonyl (C=O) groups excluding carboxylic acids is 1. The maximum atomic E-state index is 14.2. The summed E-state index contributed by atoms with van der Waals surface area (Å²) in [6.45, 7) is 1.69. The number of nitrogens with zero attached hydrogens (tertiary/aromatic N) is 1. The molecule has 4 rings (SSSR count). The topological polar surface area (TPSA) is 62.2 Å². The van der Waals surface area contributed by atoms with Gasteiger partial charge >= 0.3 is 0 Å². The van der Waals surface area contributed by atoms with Crippen LogP contribution in [0, 0.1) is 12.7 Å². The Morgan fingerprint density at radius 3 is 2.76 bits per heavy atom. The summed E-state index contributed by atoms with van der Waals surface area (Å²) >= 11 is 0. The number of pyridine rings is 1. The first-order valence-electron chi connectivity index (χ1n) is 9.10. The summed E-state index contributed by atoms with van der Waals surface area (Å²) in [6.07, 6.45) is 3.63. The lowest BCUT2D eigenvalue weighted by atomic mass is 9.75. The molecule has 4 nitrogen and oxygen atoms in total. The Bertz CT molecular complexity index is 1030. The molecule has 2 atom stereocenters. The van der Waals surface area contributed by atoms with Gasteiger partial charge in [-0.05, 0) is 73.1 Å². The first kappa shape index (κ1) is 23.2. The fraction of sp³-hybridized carbons (Fsp3) is 0.273. The molecule has 1 saturated carbocycles. The highest BCUT2D eigenvalue weighted by Crippen LogP contribution is 2.49. The van der Waals surface area contributed by atoms with Gasteiger partial charge in [0.2, 0.25) is 0 Å². The molecule has 3 aromatic rings. The number of halogens is 1. The Hall–Kier alpha value is -2.09. The third-order valence-electron chi connectivity index (χ3n) is 5.93. The largest absolute Gasteiger partial charge is 0.289 e. The third-order valence-corrected chi connectivity index (χ3v) is 5.93. The van der Waals surface area contributed by atoms with Gasteiger partial charge in [-0.15, -0.1) is 0 Å². The zero-order chi connectivity index (χ0) is 19.0. The molecule has 1 fully saturated rings. The van der Waals surface area contributed by atoms with E-state index in [1.165, 1.54) is 6.07 Å². The summed E-state index contributed by atoms with van der Waals surface area (Å²) < 4.78 is 14.2. The number of hydrogen-bond donors (Lipinski definition) is 2. The fourth-order valence-electron chi connectivity index (χ4n) is 4.48. The third kappa shape index (κ3) is 3.99. The van der Waals surface area contributed by atoms with Gasteiger partial charge in [0.15, 0.2) is 0 Å². The number of rotatable bonds is 3. The van der Waals surface area contributed by atoms with Crippen LogP contribution < -0.4 is 5.48 Å². The number of benzene rings is 2. The average molecular weight is 433 g/mol. The smallest absolute Gasteiger partial charge is 0.254 e. The quantitative estimate of drug-likeness (QED) is 0.469. The molecule has 7 heteroatoms. The van der Waals surface area contributed by atoms with Crippen molar-refractivity contribution in [2.45, 2.75) is 37.5 Å². The number of hydrogen-bond acceptors (Lipinski definition) is 3. The molecule has 29 heavy (non-hydrogen) atoms. The van der Waals surface area contributed by atoms with Crippen molar-refractivity contribution >= 4 is 43.8 Å². The van der Waals surface area contributed by atoms with E-state index in [9.17, 15) is 14.4 Å². The van der Waals surface area contributed by atoms with Gasteiger partial charge in [0, 0.05) is 11.6 Å². The van der Waals surface area contributed by atoms with Crippen molar-refractivity contribution < 1.29 is 14.4 Å². The van der Waals surface area contributed by atoms with E-state index in [0.717, 1.165) is 22.9 Å². The highest BCUT2D eigenvalue weighted by atomic mass is 32.1. The van der Waals surface area contributed by atoms with Crippen molar-refractivity contribution in [3.8, 4) is 0 Å². The van der Waals surface area contributed by atoms with Gasteiger partial charge in [0.05, 0.1) is 10.9 Å². The van der Waals surface area contributed by atoms with Gasteiger partial charge in [0.25, 0.3) is 5.91 Å². The van der Waals surface area contributed by atoms with Crippen molar-refractivity contribution in [3.63, 3.8) is 0 Å². The zero-order valence-electron chi connectivity index (χ0n) is 16.1. The molecule has 0 saturated heterocycles. The SMILES string of the molecule is Cc1c(F)cccc1[C@]1(C(=O)NO)CC[C@H](c2ccc3ncccc3c2)C1.S.S. The lowest BCUT2D eigenvalue weighted by Crippen LogP contribution is -2.42. The summed E-state index contributed by atoms with van der Waals surface area (Å²) in [5.74, 6) is -0.659. The second kappa shape index (κ2) is 9.15. The summed E-state index contributed by atoms with van der Waals surface area (Å²) in [7, 11) is 0. The van der Waals surface area contributed by atoms with Crippen LogP contribution in [0.3, 0.4) is 0 Å². The molecule has 0 unspecified atom stereocenters.